The molecule has 0 aliphatic heterocycles. The molecule has 0 amide bonds. The van der Waals surface area contributed by atoms with E-state index in [2.05, 4.69) is 6.58 Å². The van der Waals surface area contributed by atoms with Crippen LogP contribution in [0.15, 0.2) is 36.9 Å². The number of halogens is 3. The fourth-order valence-electron chi connectivity index (χ4n) is 2.15. The summed E-state index contributed by atoms with van der Waals surface area (Å²) < 4.78 is 38.3. The van der Waals surface area contributed by atoms with Crippen LogP contribution in [0.3, 0.4) is 0 Å². The summed E-state index contributed by atoms with van der Waals surface area (Å²) in [5, 5.41) is 0. The van der Waals surface area contributed by atoms with Crippen LogP contribution < -0.4 is 0 Å². The molecule has 19 heavy (non-hydrogen) atoms. The number of aryl methyl sites for hydroxylation is 1. The van der Waals surface area contributed by atoms with Gasteiger partial charge in [0.1, 0.15) is 0 Å². The van der Waals surface area contributed by atoms with Crippen molar-refractivity contribution < 1.29 is 13.2 Å². The SMILES string of the molecule is C=CCCCCCCCc1ccccc1C(F)(F)F. The van der Waals surface area contributed by atoms with Crippen LogP contribution in [0, 0.1) is 0 Å². The molecule has 0 heterocycles. The number of rotatable bonds is 8. The van der Waals surface area contributed by atoms with Crippen molar-refractivity contribution in [2.75, 3.05) is 0 Å². The van der Waals surface area contributed by atoms with Gasteiger partial charge in [-0.05, 0) is 37.3 Å². The number of unbranched alkanes of at least 4 members (excludes halogenated alkanes) is 5. The molecule has 0 fully saturated rings. The predicted molar refractivity (Wildman–Crippen MR) is 73.0 cm³/mol. The largest absolute Gasteiger partial charge is 0.416 e. The van der Waals surface area contributed by atoms with Crippen LogP contribution >= 0.6 is 0 Å². The van der Waals surface area contributed by atoms with Crippen LogP contribution in [0.1, 0.15) is 49.7 Å². The van der Waals surface area contributed by atoms with E-state index in [1.807, 2.05) is 6.08 Å². The molecule has 0 saturated carbocycles. The van der Waals surface area contributed by atoms with E-state index in [4.69, 9.17) is 0 Å². The molecule has 0 aliphatic rings. The minimum atomic E-state index is -4.24. The van der Waals surface area contributed by atoms with E-state index < -0.39 is 11.7 Å². The Hall–Kier alpha value is -1.25. The van der Waals surface area contributed by atoms with Gasteiger partial charge in [-0.2, -0.15) is 13.2 Å². The van der Waals surface area contributed by atoms with E-state index >= 15 is 0 Å². The molecule has 0 bridgehead atoms. The molecule has 1 aromatic carbocycles. The first-order valence-electron chi connectivity index (χ1n) is 6.81. The van der Waals surface area contributed by atoms with Gasteiger partial charge < -0.3 is 0 Å². The Bertz CT molecular complexity index is 380. The van der Waals surface area contributed by atoms with Crippen molar-refractivity contribution in [3.05, 3.63) is 48.0 Å². The second kappa shape index (κ2) is 8.03. The van der Waals surface area contributed by atoms with Gasteiger partial charge in [0, 0.05) is 0 Å². The van der Waals surface area contributed by atoms with Crippen LogP contribution in [0.25, 0.3) is 0 Å². The molecule has 0 aromatic heterocycles. The van der Waals surface area contributed by atoms with Crippen LogP contribution in [0.5, 0.6) is 0 Å². The summed E-state index contributed by atoms with van der Waals surface area (Å²) in [5.74, 6) is 0. The van der Waals surface area contributed by atoms with Gasteiger partial charge in [-0.3, -0.25) is 0 Å². The lowest BCUT2D eigenvalue weighted by atomic mass is 10.00. The molecule has 3 heteroatoms. The molecular formula is C16H21F3. The summed E-state index contributed by atoms with van der Waals surface area (Å²) in [6, 6.07) is 5.87. The van der Waals surface area contributed by atoms with Crippen LogP contribution in [-0.2, 0) is 12.6 Å². The number of allylic oxidation sites excluding steroid dienone is 1. The average Bonchev–Trinajstić information content (AvgIpc) is 2.37. The zero-order chi connectivity index (χ0) is 14.1. The molecule has 1 rings (SSSR count). The first-order valence-corrected chi connectivity index (χ1v) is 6.81. The summed E-state index contributed by atoms with van der Waals surface area (Å²) in [6.07, 6.45) is 4.36. The minimum Gasteiger partial charge on any atom is -0.166 e. The Morgan fingerprint density at radius 2 is 1.58 bits per heavy atom. The van der Waals surface area contributed by atoms with Gasteiger partial charge in [0.15, 0.2) is 0 Å². The first kappa shape index (κ1) is 15.8. The Morgan fingerprint density at radius 1 is 0.947 bits per heavy atom. The predicted octanol–water partition coefficient (Wildman–Crippen LogP) is 5.77. The third kappa shape index (κ3) is 5.95. The zero-order valence-corrected chi connectivity index (χ0v) is 11.2. The molecule has 0 atom stereocenters. The van der Waals surface area contributed by atoms with Gasteiger partial charge in [-0.25, -0.2) is 0 Å². The van der Waals surface area contributed by atoms with E-state index in [0.717, 1.165) is 38.5 Å². The van der Waals surface area contributed by atoms with E-state index in [-0.39, 0.29) is 0 Å². The maximum Gasteiger partial charge on any atom is 0.416 e. The number of hydrogen-bond donors (Lipinski definition) is 0. The zero-order valence-electron chi connectivity index (χ0n) is 11.2. The highest BCUT2D eigenvalue weighted by atomic mass is 19.4. The number of alkyl halides is 3. The minimum absolute atomic E-state index is 0.418. The fraction of sp³-hybridized carbons (Fsp3) is 0.500. The Balaban J connectivity index is 2.35. The quantitative estimate of drug-likeness (QED) is 0.415. The lowest BCUT2D eigenvalue weighted by Gasteiger charge is -2.12. The van der Waals surface area contributed by atoms with Crippen molar-refractivity contribution in [3.8, 4) is 0 Å². The van der Waals surface area contributed by atoms with Crippen molar-refractivity contribution in [2.45, 2.75) is 51.1 Å². The van der Waals surface area contributed by atoms with E-state index in [1.54, 1.807) is 12.1 Å². The molecule has 0 saturated heterocycles. The normalized spacial score (nSPS) is 11.5. The second-order valence-corrected chi connectivity index (χ2v) is 4.75. The van der Waals surface area contributed by atoms with E-state index in [9.17, 15) is 13.2 Å². The van der Waals surface area contributed by atoms with Crippen LogP contribution in [0.2, 0.25) is 0 Å². The third-order valence-corrected chi connectivity index (χ3v) is 3.18. The van der Waals surface area contributed by atoms with Gasteiger partial charge in [0.05, 0.1) is 5.56 Å². The lowest BCUT2D eigenvalue weighted by molar-refractivity contribution is -0.138. The highest BCUT2D eigenvalue weighted by molar-refractivity contribution is 5.29. The van der Waals surface area contributed by atoms with Crippen molar-refractivity contribution in [2.24, 2.45) is 0 Å². The monoisotopic (exact) mass is 270 g/mol. The maximum absolute atomic E-state index is 12.8. The smallest absolute Gasteiger partial charge is 0.166 e. The topological polar surface area (TPSA) is 0 Å². The standard InChI is InChI=1S/C16H21F3/c1-2-3-4-5-6-7-8-11-14-12-9-10-13-15(14)16(17,18)19/h2,9-10,12-13H,1,3-8,11H2. The molecule has 0 N–H and O–H groups in total. The van der Waals surface area contributed by atoms with Crippen molar-refractivity contribution in [1.29, 1.82) is 0 Å². The summed E-state index contributed by atoms with van der Waals surface area (Å²) in [5.41, 5.74) is -0.0669. The highest BCUT2D eigenvalue weighted by Gasteiger charge is 2.32. The Labute approximate surface area is 113 Å². The molecule has 1 aromatic rings. The van der Waals surface area contributed by atoms with Gasteiger partial charge in [-0.1, -0.05) is 43.5 Å². The molecule has 0 radical (unpaired) electrons. The first-order chi connectivity index (χ1) is 9.05. The van der Waals surface area contributed by atoms with Gasteiger partial charge >= 0.3 is 6.18 Å². The van der Waals surface area contributed by atoms with Crippen LogP contribution in [-0.4, -0.2) is 0 Å². The maximum atomic E-state index is 12.8. The summed E-state index contributed by atoms with van der Waals surface area (Å²) in [4.78, 5) is 0. The second-order valence-electron chi connectivity index (χ2n) is 4.75. The van der Waals surface area contributed by atoms with Crippen molar-refractivity contribution in [1.82, 2.24) is 0 Å². The molecule has 0 aliphatic carbocycles. The fourth-order valence-corrected chi connectivity index (χ4v) is 2.15. The molecule has 0 nitrogen and oxygen atoms in total. The summed E-state index contributed by atoms with van der Waals surface area (Å²) >= 11 is 0. The van der Waals surface area contributed by atoms with E-state index in [1.165, 1.54) is 12.1 Å². The van der Waals surface area contributed by atoms with Gasteiger partial charge in [0.2, 0.25) is 0 Å². The van der Waals surface area contributed by atoms with Gasteiger partial charge in [0.25, 0.3) is 0 Å². The Kier molecular flexibility index (Phi) is 6.68. The van der Waals surface area contributed by atoms with Crippen molar-refractivity contribution >= 4 is 0 Å². The Morgan fingerprint density at radius 3 is 2.26 bits per heavy atom. The number of hydrogen-bond acceptors (Lipinski definition) is 0. The lowest BCUT2D eigenvalue weighted by Crippen LogP contribution is -2.08. The summed E-state index contributed by atoms with van der Waals surface area (Å²) in [6.45, 7) is 3.66. The summed E-state index contributed by atoms with van der Waals surface area (Å²) in [7, 11) is 0. The van der Waals surface area contributed by atoms with Crippen molar-refractivity contribution in [3.63, 3.8) is 0 Å². The number of benzene rings is 1. The highest BCUT2D eigenvalue weighted by Crippen LogP contribution is 2.32. The van der Waals surface area contributed by atoms with Crippen LogP contribution in [0.4, 0.5) is 13.2 Å². The molecule has 106 valence electrons. The molecule has 0 spiro atoms. The third-order valence-electron chi connectivity index (χ3n) is 3.18. The molecular weight excluding hydrogens is 249 g/mol. The molecule has 0 unspecified atom stereocenters. The van der Waals surface area contributed by atoms with E-state index in [0.29, 0.717) is 12.0 Å². The average molecular weight is 270 g/mol. The van der Waals surface area contributed by atoms with Gasteiger partial charge in [-0.15, -0.1) is 6.58 Å².